The number of hydrogen-bond donors (Lipinski definition) is 2. The topological polar surface area (TPSA) is 101 Å². The molecule has 0 amide bonds. The highest BCUT2D eigenvalue weighted by atomic mass is 32.1. The van der Waals surface area contributed by atoms with Gasteiger partial charge in [0.05, 0.1) is 59.9 Å². The lowest BCUT2D eigenvalue weighted by molar-refractivity contribution is 0.122. The fourth-order valence-corrected chi connectivity index (χ4v) is 5.45. The highest BCUT2D eigenvalue weighted by molar-refractivity contribution is 7.15. The summed E-state index contributed by atoms with van der Waals surface area (Å²) in [6, 6.07) is 7.99. The molecular weight excluding hydrogens is 448 g/mol. The maximum Gasteiger partial charge on any atom is 0.211 e. The molecule has 2 N–H and O–H groups in total. The maximum absolute atomic E-state index is 5.45. The van der Waals surface area contributed by atoms with E-state index in [1.807, 2.05) is 36.8 Å². The van der Waals surface area contributed by atoms with E-state index in [2.05, 4.69) is 41.8 Å². The van der Waals surface area contributed by atoms with Crippen molar-refractivity contribution in [3.63, 3.8) is 0 Å². The van der Waals surface area contributed by atoms with Gasteiger partial charge in [0.15, 0.2) is 0 Å². The monoisotopic (exact) mass is 474 g/mol. The van der Waals surface area contributed by atoms with Crippen LogP contribution in [0.5, 0.6) is 0 Å². The van der Waals surface area contributed by atoms with Crippen molar-refractivity contribution in [1.82, 2.24) is 25.1 Å². The van der Waals surface area contributed by atoms with E-state index in [9.17, 15) is 0 Å². The van der Waals surface area contributed by atoms with Crippen LogP contribution in [0.4, 0.5) is 28.0 Å². The minimum atomic E-state index is 0.562. The van der Waals surface area contributed by atoms with Gasteiger partial charge in [-0.05, 0) is 37.1 Å². The maximum atomic E-state index is 5.45. The molecule has 0 bridgehead atoms. The van der Waals surface area contributed by atoms with Crippen LogP contribution in [0.25, 0.3) is 11.0 Å². The number of ether oxygens (including phenoxy) is 1. The molecule has 0 unspecified atom stereocenters. The first-order chi connectivity index (χ1) is 16.8. The lowest BCUT2D eigenvalue weighted by Gasteiger charge is -2.28. The number of aromatic nitrogens is 5. The average molecular weight is 475 g/mol. The van der Waals surface area contributed by atoms with Crippen LogP contribution in [0.2, 0.25) is 0 Å². The predicted octanol–water partition coefficient (Wildman–Crippen LogP) is 4.86. The first-order valence-corrected chi connectivity index (χ1v) is 12.5. The lowest BCUT2D eigenvalue weighted by atomic mass is 10.1. The van der Waals surface area contributed by atoms with E-state index in [4.69, 9.17) is 9.72 Å². The molecule has 1 aliphatic carbocycles. The quantitative estimate of drug-likeness (QED) is 0.406. The number of morpholine rings is 1. The molecule has 0 atom stereocenters. The van der Waals surface area contributed by atoms with Gasteiger partial charge in [0.2, 0.25) is 5.13 Å². The second kappa shape index (κ2) is 9.47. The van der Waals surface area contributed by atoms with Crippen LogP contribution in [-0.2, 0) is 4.74 Å². The summed E-state index contributed by atoms with van der Waals surface area (Å²) >= 11 is 1.63. The average Bonchev–Trinajstić information content (AvgIpc) is 3.57. The van der Waals surface area contributed by atoms with Gasteiger partial charge in [-0.15, -0.1) is 10.2 Å². The number of anilines is 5. The van der Waals surface area contributed by atoms with Gasteiger partial charge in [-0.3, -0.25) is 9.97 Å². The molecule has 6 rings (SSSR count). The van der Waals surface area contributed by atoms with Crippen LogP contribution < -0.4 is 15.5 Å². The van der Waals surface area contributed by atoms with Crippen molar-refractivity contribution in [2.24, 2.45) is 0 Å². The van der Waals surface area contributed by atoms with E-state index in [0.717, 1.165) is 70.4 Å². The van der Waals surface area contributed by atoms with Crippen molar-refractivity contribution >= 4 is 50.4 Å². The Hall–Kier alpha value is -3.37. The number of fused-ring (bicyclic) bond motifs is 1. The van der Waals surface area contributed by atoms with Crippen LogP contribution in [0.3, 0.4) is 0 Å². The van der Waals surface area contributed by atoms with Gasteiger partial charge in [0.1, 0.15) is 10.8 Å². The van der Waals surface area contributed by atoms with Gasteiger partial charge in [-0.2, -0.15) is 0 Å². The molecule has 1 saturated carbocycles. The summed E-state index contributed by atoms with van der Waals surface area (Å²) in [5.74, 6) is 1.29. The van der Waals surface area contributed by atoms with E-state index in [-0.39, 0.29) is 0 Å². The minimum absolute atomic E-state index is 0.562. The van der Waals surface area contributed by atoms with Crippen LogP contribution in [0.1, 0.15) is 36.6 Å². The number of pyridine rings is 3. The second-order valence-corrected chi connectivity index (χ2v) is 9.68. The SMILES string of the molecule is c1ncc(N2CCOCC2)cc1Nc1cnc2ccc(Nc3nnc(C4CCCC4)s3)nc2c1. The van der Waals surface area contributed by atoms with Gasteiger partial charge < -0.3 is 20.3 Å². The molecule has 0 spiro atoms. The predicted molar refractivity (Wildman–Crippen MR) is 134 cm³/mol. The molecule has 34 heavy (non-hydrogen) atoms. The second-order valence-electron chi connectivity index (χ2n) is 8.67. The third-order valence-electron chi connectivity index (χ3n) is 6.31. The summed E-state index contributed by atoms with van der Waals surface area (Å²) in [5.41, 5.74) is 4.49. The summed E-state index contributed by atoms with van der Waals surface area (Å²) in [6.45, 7) is 3.23. The van der Waals surface area contributed by atoms with E-state index in [1.165, 1.54) is 25.7 Å². The number of nitrogens with one attached hydrogen (secondary N) is 2. The summed E-state index contributed by atoms with van der Waals surface area (Å²) in [4.78, 5) is 16.0. The van der Waals surface area contributed by atoms with Crippen LogP contribution in [0.15, 0.2) is 42.9 Å². The van der Waals surface area contributed by atoms with Crippen LogP contribution in [-0.4, -0.2) is 51.5 Å². The van der Waals surface area contributed by atoms with Crippen molar-refractivity contribution in [3.05, 3.63) is 47.9 Å². The van der Waals surface area contributed by atoms with E-state index < -0.39 is 0 Å². The van der Waals surface area contributed by atoms with Crippen molar-refractivity contribution in [1.29, 1.82) is 0 Å². The molecule has 5 heterocycles. The number of nitrogens with zero attached hydrogens (tertiary/aromatic N) is 6. The third-order valence-corrected chi connectivity index (χ3v) is 7.31. The van der Waals surface area contributed by atoms with Crippen LogP contribution in [0, 0.1) is 0 Å². The van der Waals surface area contributed by atoms with Gasteiger partial charge >= 0.3 is 0 Å². The van der Waals surface area contributed by atoms with E-state index in [1.54, 1.807) is 11.3 Å². The van der Waals surface area contributed by atoms with Crippen molar-refractivity contribution in [2.75, 3.05) is 41.8 Å². The zero-order valence-corrected chi connectivity index (χ0v) is 19.6. The molecule has 4 aromatic heterocycles. The van der Waals surface area contributed by atoms with Gasteiger partial charge in [0.25, 0.3) is 0 Å². The zero-order valence-electron chi connectivity index (χ0n) is 18.8. The summed E-state index contributed by atoms with van der Waals surface area (Å²) in [6.07, 6.45) is 10.5. The molecule has 1 aliphatic heterocycles. The fraction of sp³-hybridized carbons (Fsp3) is 0.375. The van der Waals surface area contributed by atoms with Crippen molar-refractivity contribution in [2.45, 2.75) is 31.6 Å². The molecule has 0 aromatic carbocycles. The Bertz CT molecular complexity index is 1280. The van der Waals surface area contributed by atoms with Gasteiger partial charge in [-0.1, -0.05) is 24.2 Å². The Morgan fingerprint density at radius 3 is 2.65 bits per heavy atom. The molecular formula is C24H26N8OS. The summed E-state index contributed by atoms with van der Waals surface area (Å²) in [5, 5.41) is 17.4. The van der Waals surface area contributed by atoms with Gasteiger partial charge in [0, 0.05) is 19.0 Å². The number of hydrogen-bond acceptors (Lipinski definition) is 10. The first-order valence-electron chi connectivity index (χ1n) is 11.7. The highest BCUT2D eigenvalue weighted by Gasteiger charge is 2.21. The van der Waals surface area contributed by atoms with Crippen molar-refractivity contribution in [3.8, 4) is 0 Å². The summed E-state index contributed by atoms with van der Waals surface area (Å²) < 4.78 is 5.45. The molecule has 0 radical (unpaired) electrons. The molecule has 2 fully saturated rings. The fourth-order valence-electron chi connectivity index (χ4n) is 4.53. The van der Waals surface area contributed by atoms with E-state index >= 15 is 0 Å². The number of rotatable bonds is 6. The largest absolute Gasteiger partial charge is 0.378 e. The highest BCUT2D eigenvalue weighted by Crippen LogP contribution is 2.37. The third kappa shape index (κ3) is 4.64. The van der Waals surface area contributed by atoms with Crippen molar-refractivity contribution < 1.29 is 4.74 Å². The zero-order chi connectivity index (χ0) is 22.7. The molecule has 1 saturated heterocycles. The minimum Gasteiger partial charge on any atom is -0.378 e. The Labute approximate surface area is 201 Å². The smallest absolute Gasteiger partial charge is 0.211 e. The molecule has 174 valence electrons. The Kier molecular flexibility index (Phi) is 5.90. The molecule has 10 heteroatoms. The Morgan fingerprint density at radius 2 is 1.76 bits per heavy atom. The molecule has 4 aromatic rings. The van der Waals surface area contributed by atoms with Gasteiger partial charge in [-0.25, -0.2) is 4.98 Å². The lowest BCUT2D eigenvalue weighted by Crippen LogP contribution is -2.36. The normalized spacial score (nSPS) is 16.8. The van der Waals surface area contributed by atoms with E-state index in [0.29, 0.717) is 5.92 Å². The summed E-state index contributed by atoms with van der Waals surface area (Å²) in [7, 11) is 0. The molecule has 9 nitrogen and oxygen atoms in total. The Morgan fingerprint density at radius 1 is 0.912 bits per heavy atom. The Balaban J connectivity index is 1.18. The standard InChI is InChI=1S/C24H26N8OS/c1-2-4-16(3-1)23-30-31-24(34-23)29-22-6-5-20-21(28-22)12-18(14-26-20)27-17-11-19(15-25-13-17)32-7-9-33-10-8-32/h5-6,11-16,27H,1-4,7-10H2,(H,28,29,31). The van der Waals surface area contributed by atoms with Crippen LogP contribution >= 0.6 is 11.3 Å². The first kappa shape index (κ1) is 21.2. The molecule has 2 aliphatic rings.